The molecule has 0 aliphatic heterocycles. The maximum absolute atomic E-state index is 11.4. The van der Waals surface area contributed by atoms with Crippen molar-refractivity contribution in [3.63, 3.8) is 0 Å². The van der Waals surface area contributed by atoms with Crippen molar-refractivity contribution < 1.29 is 8.42 Å². The van der Waals surface area contributed by atoms with Crippen molar-refractivity contribution in [2.24, 2.45) is 10.7 Å². The minimum atomic E-state index is -3.03. The molecule has 1 aliphatic carbocycles. The third-order valence-corrected chi connectivity index (χ3v) is 4.81. The SMILES string of the molecule is C=C(C)CNC(N)=NCC1(S(C)(=O)=O)CC1.I. The fraction of sp³-hybridized carbons (Fsp3) is 0.700. The standard InChI is InChI=1S/C10H19N3O2S.HI/c1-8(2)6-12-9(11)13-7-10(4-5-10)16(3,14)15;/h1,4-7H2,2-3H3,(H3,11,12,13);1H. The highest BCUT2D eigenvalue weighted by Gasteiger charge is 2.51. The second kappa shape index (κ2) is 6.03. The molecule has 0 heterocycles. The van der Waals surface area contributed by atoms with Gasteiger partial charge in [0.15, 0.2) is 15.8 Å². The first-order chi connectivity index (χ1) is 7.27. The molecule has 0 aromatic heterocycles. The highest BCUT2D eigenvalue weighted by atomic mass is 127. The molecule has 1 aliphatic rings. The smallest absolute Gasteiger partial charge is 0.188 e. The molecule has 0 saturated heterocycles. The lowest BCUT2D eigenvalue weighted by Crippen LogP contribution is -2.35. The van der Waals surface area contributed by atoms with E-state index >= 15 is 0 Å². The summed E-state index contributed by atoms with van der Waals surface area (Å²) in [6.07, 6.45) is 2.62. The van der Waals surface area contributed by atoms with Gasteiger partial charge in [0, 0.05) is 12.8 Å². The van der Waals surface area contributed by atoms with E-state index in [9.17, 15) is 8.42 Å². The molecular weight excluding hydrogens is 353 g/mol. The highest BCUT2D eigenvalue weighted by molar-refractivity contribution is 14.0. The van der Waals surface area contributed by atoms with Crippen LogP contribution in [0.5, 0.6) is 0 Å². The molecule has 1 fully saturated rings. The highest BCUT2D eigenvalue weighted by Crippen LogP contribution is 2.43. The minimum absolute atomic E-state index is 0. The van der Waals surface area contributed by atoms with Crippen LogP contribution in [-0.4, -0.2) is 38.5 Å². The minimum Gasteiger partial charge on any atom is -0.370 e. The van der Waals surface area contributed by atoms with Gasteiger partial charge in [0.2, 0.25) is 0 Å². The molecule has 3 N–H and O–H groups in total. The second-order valence-electron chi connectivity index (χ2n) is 4.47. The molecule has 5 nitrogen and oxygen atoms in total. The molecule has 7 heteroatoms. The lowest BCUT2D eigenvalue weighted by atomic mass is 10.3. The molecule has 0 bridgehead atoms. The Hall–Kier alpha value is -0.310. The number of guanidine groups is 1. The summed E-state index contributed by atoms with van der Waals surface area (Å²) in [5, 5.41) is 2.87. The predicted octanol–water partition coefficient (Wildman–Crippen LogP) is 0.662. The molecule has 0 unspecified atom stereocenters. The quantitative estimate of drug-likeness (QED) is 0.321. The van der Waals surface area contributed by atoms with Gasteiger partial charge in [-0.3, -0.25) is 4.99 Å². The first-order valence-corrected chi connectivity index (χ1v) is 7.04. The van der Waals surface area contributed by atoms with Gasteiger partial charge < -0.3 is 11.1 Å². The van der Waals surface area contributed by atoms with Gasteiger partial charge in [0.05, 0.1) is 11.3 Å². The van der Waals surface area contributed by atoms with E-state index in [0.29, 0.717) is 19.4 Å². The first-order valence-electron chi connectivity index (χ1n) is 5.15. The Balaban J connectivity index is 0.00000256. The number of nitrogens with two attached hydrogens (primary N) is 1. The molecular formula is C10H20IN3O2S. The van der Waals surface area contributed by atoms with Gasteiger partial charge in [-0.2, -0.15) is 0 Å². The average Bonchev–Trinajstić information content (AvgIpc) is 2.91. The Bertz CT molecular complexity index is 413. The molecule has 17 heavy (non-hydrogen) atoms. The van der Waals surface area contributed by atoms with Crippen molar-refractivity contribution in [2.75, 3.05) is 19.3 Å². The summed E-state index contributed by atoms with van der Waals surface area (Å²) in [5.41, 5.74) is 6.55. The lowest BCUT2D eigenvalue weighted by Gasteiger charge is -2.10. The van der Waals surface area contributed by atoms with Crippen LogP contribution in [0.1, 0.15) is 19.8 Å². The maximum atomic E-state index is 11.4. The van der Waals surface area contributed by atoms with Crippen LogP contribution in [0, 0.1) is 0 Å². The van der Waals surface area contributed by atoms with Crippen molar-refractivity contribution in [3.8, 4) is 0 Å². The molecule has 0 aromatic rings. The zero-order valence-corrected chi connectivity index (χ0v) is 13.3. The Morgan fingerprint density at radius 2 is 2.06 bits per heavy atom. The number of halogens is 1. The summed E-state index contributed by atoms with van der Waals surface area (Å²) in [6.45, 7) is 6.40. The van der Waals surface area contributed by atoms with E-state index in [4.69, 9.17) is 5.73 Å². The number of aliphatic imine (C=N–C) groups is 1. The van der Waals surface area contributed by atoms with Gasteiger partial charge in [-0.25, -0.2) is 8.42 Å². The molecule has 1 rings (SSSR count). The van der Waals surface area contributed by atoms with Crippen LogP contribution in [0.2, 0.25) is 0 Å². The van der Waals surface area contributed by atoms with Gasteiger partial charge in [-0.15, -0.1) is 24.0 Å². The molecule has 100 valence electrons. The molecule has 0 amide bonds. The normalized spacial score (nSPS) is 18.1. The van der Waals surface area contributed by atoms with E-state index < -0.39 is 14.6 Å². The summed E-state index contributed by atoms with van der Waals surface area (Å²) >= 11 is 0. The Labute approximate surface area is 120 Å². The fourth-order valence-corrected chi connectivity index (χ4v) is 2.45. The van der Waals surface area contributed by atoms with Crippen LogP contribution in [0.15, 0.2) is 17.1 Å². The fourth-order valence-electron chi connectivity index (χ4n) is 1.31. The second-order valence-corrected chi connectivity index (χ2v) is 6.88. The van der Waals surface area contributed by atoms with Crippen LogP contribution in [0.4, 0.5) is 0 Å². The monoisotopic (exact) mass is 373 g/mol. The van der Waals surface area contributed by atoms with Crippen molar-refractivity contribution in [2.45, 2.75) is 24.5 Å². The summed E-state index contributed by atoms with van der Waals surface area (Å²) < 4.78 is 22.2. The van der Waals surface area contributed by atoms with Crippen LogP contribution < -0.4 is 11.1 Å². The number of rotatable bonds is 5. The maximum Gasteiger partial charge on any atom is 0.188 e. The number of hydrogen-bond donors (Lipinski definition) is 2. The van der Waals surface area contributed by atoms with Gasteiger partial charge in [-0.05, 0) is 19.8 Å². The predicted molar refractivity (Wildman–Crippen MR) is 81.5 cm³/mol. The van der Waals surface area contributed by atoms with Crippen molar-refractivity contribution >= 4 is 39.8 Å². The summed E-state index contributed by atoms with van der Waals surface area (Å²) in [6, 6.07) is 0. The van der Waals surface area contributed by atoms with Crippen LogP contribution in [0.3, 0.4) is 0 Å². The van der Waals surface area contributed by atoms with E-state index in [-0.39, 0.29) is 36.5 Å². The van der Waals surface area contributed by atoms with Gasteiger partial charge >= 0.3 is 0 Å². The largest absolute Gasteiger partial charge is 0.370 e. The number of nitrogens with one attached hydrogen (secondary N) is 1. The third-order valence-electron chi connectivity index (χ3n) is 2.70. The summed E-state index contributed by atoms with van der Waals surface area (Å²) in [5.74, 6) is 0.276. The summed E-state index contributed by atoms with van der Waals surface area (Å²) in [4.78, 5) is 4.06. The van der Waals surface area contributed by atoms with E-state index in [1.165, 1.54) is 6.26 Å². The topological polar surface area (TPSA) is 84.5 Å². The van der Waals surface area contributed by atoms with E-state index in [2.05, 4.69) is 16.9 Å². The van der Waals surface area contributed by atoms with Crippen molar-refractivity contribution in [1.82, 2.24) is 5.32 Å². The van der Waals surface area contributed by atoms with E-state index in [1.807, 2.05) is 6.92 Å². The van der Waals surface area contributed by atoms with Crippen molar-refractivity contribution in [3.05, 3.63) is 12.2 Å². The average molecular weight is 373 g/mol. The molecule has 0 atom stereocenters. The Morgan fingerprint density at radius 1 is 1.53 bits per heavy atom. The number of sulfone groups is 1. The van der Waals surface area contributed by atoms with Crippen LogP contribution in [0.25, 0.3) is 0 Å². The van der Waals surface area contributed by atoms with Gasteiger partial charge in [0.25, 0.3) is 0 Å². The van der Waals surface area contributed by atoms with E-state index in [1.54, 1.807) is 0 Å². The third kappa shape index (κ3) is 4.82. The van der Waals surface area contributed by atoms with Crippen molar-refractivity contribution in [1.29, 1.82) is 0 Å². The number of nitrogens with zero attached hydrogens (tertiary/aromatic N) is 1. The zero-order valence-electron chi connectivity index (χ0n) is 10.2. The molecule has 0 spiro atoms. The van der Waals surface area contributed by atoms with Crippen LogP contribution >= 0.6 is 24.0 Å². The van der Waals surface area contributed by atoms with Gasteiger partial charge in [0.1, 0.15) is 0 Å². The summed E-state index contributed by atoms with van der Waals surface area (Å²) in [7, 11) is -3.03. The Kier molecular flexibility index (Phi) is 5.92. The molecule has 1 saturated carbocycles. The lowest BCUT2D eigenvalue weighted by molar-refractivity contribution is 0.583. The first kappa shape index (κ1) is 16.7. The molecule has 0 radical (unpaired) electrons. The Morgan fingerprint density at radius 3 is 2.41 bits per heavy atom. The van der Waals surface area contributed by atoms with E-state index in [0.717, 1.165) is 5.57 Å². The van der Waals surface area contributed by atoms with Gasteiger partial charge in [-0.1, -0.05) is 12.2 Å². The molecule has 0 aromatic carbocycles. The number of hydrogen-bond acceptors (Lipinski definition) is 3. The van der Waals surface area contributed by atoms with Crippen LogP contribution in [-0.2, 0) is 9.84 Å². The zero-order chi connectivity index (χ0) is 12.4.